The van der Waals surface area contributed by atoms with Crippen LogP contribution in [-0.2, 0) is 4.79 Å². The number of carboxylic acids is 1. The van der Waals surface area contributed by atoms with Crippen LogP contribution in [0, 0.1) is 0 Å². The van der Waals surface area contributed by atoms with E-state index in [0.717, 1.165) is 18.6 Å². The molecular formula is C7H7N3O2. The van der Waals surface area contributed by atoms with Crippen LogP contribution in [0.1, 0.15) is 12.8 Å². The summed E-state index contributed by atoms with van der Waals surface area (Å²) >= 11 is 0. The first-order valence-electron chi connectivity index (χ1n) is 3.72. The molecule has 0 aromatic rings. The molecule has 0 atom stereocenters. The van der Waals surface area contributed by atoms with Crippen LogP contribution in [0.4, 0.5) is 0 Å². The van der Waals surface area contributed by atoms with Crippen LogP contribution in [0.25, 0.3) is 0 Å². The quantitative estimate of drug-likeness (QED) is 0.599. The predicted molar refractivity (Wildman–Crippen MR) is 44.0 cm³/mol. The van der Waals surface area contributed by atoms with E-state index in [1.165, 1.54) is 0 Å². The number of aliphatic imine (C=N–C) groups is 1. The van der Waals surface area contributed by atoms with Gasteiger partial charge in [-0.05, 0) is 12.8 Å². The first-order valence-corrected chi connectivity index (χ1v) is 3.72. The largest absolute Gasteiger partial charge is 0.476 e. The fourth-order valence-electron chi connectivity index (χ4n) is 1.26. The molecular weight excluding hydrogens is 158 g/mol. The van der Waals surface area contributed by atoms with Crippen molar-refractivity contribution < 1.29 is 9.90 Å². The molecule has 0 aromatic carbocycles. The van der Waals surface area contributed by atoms with Crippen molar-refractivity contribution in [3.8, 4) is 0 Å². The Balaban J connectivity index is 2.35. The lowest BCUT2D eigenvalue weighted by Gasteiger charge is -2.07. The van der Waals surface area contributed by atoms with E-state index < -0.39 is 5.97 Å². The molecule has 0 fully saturated rings. The Morgan fingerprint density at radius 3 is 3.00 bits per heavy atom. The second-order valence-electron chi connectivity index (χ2n) is 2.63. The minimum Gasteiger partial charge on any atom is -0.476 e. The number of aliphatic carboxylic acids is 1. The molecule has 0 saturated heterocycles. The summed E-state index contributed by atoms with van der Waals surface area (Å²) in [5, 5.41) is 16.0. The van der Waals surface area contributed by atoms with E-state index in [4.69, 9.17) is 5.11 Å². The Labute approximate surface area is 68.5 Å². The van der Waals surface area contributed by atoms with Crippen LogP contribution < -0.4 is 0 Å². The molecule has 5 nitrogen and oxygen atoms in total. The van der Waals surface area contributed by atoms with E-state index in [0.29, 0.717) is 12.3 Å². The highest BCUT2D eigenvalue weighted by molar-refractivity contribution is 6.82. The number of hydrogen-bond acceptors (Lipinski definition) is 4. The number of fused-ring (bicyclic) bond motifs is 1. The molecule has 0 unspecified atom stereocenters. The van der Waals surface area contributed by atoms with E-state index >= 15 is 0 Å². The highest BCUT2D eigenvalue weighted by Gasteiger charge is 2.28. The number of carboxylic acid groups (broad SMARTS) is 1. The highest BCUT2D eigenvalue weighted by Crippen LogP contribution is 2.11. The van der Waals surface area contributed by atoms with Crippen molar-refractivity contribution in [1.29, 1.82) is 0 Å². The third-order valence-electron chi connectivity index (χ3n) is 1.81. The summed E-state index contributed by atoms with van der Waals surface area (Å²) in [5.74, 6) is -1.05. The zero-order valence-corrected chi connectivity index (χ0v) is 6.32. The zero-order chi connectivity index (χ0) is 8.55. The number of rotatable bonds is 1. The normalized spacial score (nSPS) is 20.8. The molecule has 0 bridgehead atoms. The lowest BCUT2D eigenvalue weighted by atomic mass is 10.0. The Bertz CT molecular complexity index is 328. The zero-order valence-electron chi connectivity index (χ0n) is 6.32. The van der Waals surface area contributed by atoms with Crippen LogP contribution in [0.15, 0.2) is 15.2 Å². The third kappa shape index (κ3) is 0.939. The molecule has 0 radical (unpaired) electrons. The Morgan fingerprint density at radius 1 is 1.42 bits per heavy atom. The van der Waals surface area contributed by atoms with Gasteiger partial charge in [0.1, 0.15) is 5.71 Å². The standard InChI is InChI=1S/C7H7N3O2/c11-7(12)6-5-4(9-10-6)2-1-3-8-5/h1-3H2,(H,11,12). The van der Waals surface area contributed by atoms with E-state index in [2.05, 4.69) is 15.2 Å². The van der Waals surface area contributed by atoms with Crippen molar-refractivity contribution in [3.05, 3.63) is 0 Å². The van der Waals surface area contributed by atoms with Gasteiger partial charge in [-0.2, -0.15) is 5.10 Å². The van der Waals surface area contributed by atoms with Gasteiger partial charge >= 0.3 is 5.97 Å². The smallest absolute Gasteiger partial charge is 0.358 e. The van der Waals surface area contributed by atoms with Crippen molar-refractivity contribution in [2.24, 2.45) is 15.2 Å². The summed E-state index contributed by atoms with van der Waals surface area (Å²) in [6.07, 6.45) is 1.73. The summed E-state index contributed by atoms with van der Waals surface area (Å²) < 4.78 is 0. The van der Waals surface area contributed by atoms with Crippen molar-refractivity contribution in [1.82, 2.24) is 0 Å². The summed E-state index contributed by atoms with van der Waals surface area (Å²) in [5.41, 5.74) is 1.19. The lowest BCUT2D eigenvalue weighted by Crippen LogP contribution is -2.29. The average Bonchev–Trinajstić information content (AvgIpc) is 2.47. The van der Waals surface area contributed by atoms with E-state index in [1.54, 1.807) is 0 Å². The molecule has 2 aliphatic rings. The Kier molecular flexibility index (Phi) is 1.49. The van der Waals surface area contributed by atoms with Crippen LogP contribution in [0.5, 0.6) is 0 Å². The first-order chi connectivity index (χ1) is 5.79. The minimum absolute atomic E-state index is 0.00954. The molecule has 5 heteroatoms. The third-order valence-corrected chi connectivity index (χ3v) is 1.81. The monoisotopic (exact) mass is 165 g/mol. The Hall–Kier alpha value is -1.52. The van der Waals surface area contributed by atoms with Crippen molar-refractivity contribution in [2.45, 2.75) is 12.8 Å². The minimum atomic E-state index is -1.05. The van der Waals surface area contributed by atoms with Gasteiger partial charge in [-0.25, -0.2) is 4.79 Å². The van der Waals surface area contributed by atoms with Gasteiger partial charge in [-0.15, -0.1) is 5.10 Å². The highest BCUT2D eigenvalue weighted by atomic mass is 16.4. The molecule has 0 amide bonds. The van der Waals surface area contributed by atoms with Gasteiger partial charge in [0.15, 0.2) is 5.71 Å². The summed E-state index contributed by atoms with van der Waals surface area (Å²) in [7, 11) is 0. The van der Waals surface area contributed by atoms with Crippen LogP contribution in [0.3, 0.4) is 0 Å². The number of carbonyl (C=O) groups is 1. The maximum atomic E-state index is 10.6. The fraction of sp³-hybridized carbons (Fsp3) is 0.429. The molecule has 2 heterocycles. The van der Waals surface area contributed by atoms with E-state index in [9.17, 15) is 4.79 Å². The van der Waals surface area contributed by atoms with Crippen molar-refractivity contribution in [2.75, 3.05) is 6.54 Å². The Morgan fingerprint density at radius 2 is 2.25 bits per heavy atom. The molecule has 0 saturated carbocycles. The van der Waals surface area contributed by atoms with Crippen LogP contribution in [0.2, 0.25) is 0 Å². The lowest BCUT2D eigenvalue weighted by molar-refractivity contribution is -0.129. The molecule has 2 rings (SSSR count). The molecule has 0 spiro atoms. The van der Waals surface area contributed by atoms with Gasteiger partial charge in [0.05, 0.1) is 5.71 Å². The fourth-order valence-corrected chi connectivity index (χ4v) is 1.26. The SMILES string of the molecule is O=C(O)C1=NN=C2CCCN=C21. The number of hydrogen-bond donors (Lipinski definition) is 1. The van der Waals surface area contributed by atoms with Crippen LogP contribution >= 0.6 is 0 Å². The molecule has 0 aliphatic carbocycles. The number of nitrogens with zero attached hydrogens (tertiary/aromatic N) is 3. The second kappa shape index (κ2) is 2.51. The average molecular weight is 165 g/mol. The predicted octanol–water partition coefficient (Wildman–Crippen LogP) is 0.116. The van der Waals surface area contributed by atoms with Crippen molar-refractivity contribution >= 4 is 23.1 Å². The maximum absolute atomic E-state index is 10.6. The first kappa shape index (κ1) is 7.15. The summed E-state index contributed by atoms with van der Waals surface area (Å²) in [6.45, 7) is 0.681. The van der Waals surface area contributed by atoms with Gasteiger partial charge in [0, 0.05) is 6.54 Å². The summed E-state index contributed by atoms with van der Waals surface area (Å²) in [4.78, 5) is 14.6. The van der Waals surface area contributed by atoms with Crippen LogP contribution in [-0.4, -0.2) is 34.8 Å². The van der Waals surface area contributed by atoms with Gasteiger partial charge < -0.3 is 5.11 Å². The molecule has 1 N–H and O–H groups in total. The van der Waals surface area contributed by atoms with Gasteiger partial charge in [0.2, 0.25) is 0 Å². The van der Waals surface area contributed by atoms with E-state index in [-0.39, 0.29) is 5.71 Å². The van der Waals surface area contributed by atoms with Gasteiger partial charge in [0.25, 0.3) is 0 Å². The molecule has 2 aliphatic heterocycles. The second-order valence-corrected chi connectivity index (χ2v) is 2.63. The van der Waals surface area contributed by atoms with E-state index in [1.807, 2.05) is 0 Å². The van der Waals surface area contributed by atoms with Crippen molar-refractivity contribution in [3.63, 3.8) is 0 Å². The van der Waals surface area contributed by atoms with Gasteiger partial charge in [-0.1, -0.05) is 0 Å². The summed E-state index contributed by atoms with van der Waals surface area (Å²) in [6, 6.07) is 0. The molecule has 12 heavy (non-hydrogen) atoms. The molecule has 62 valence electrons. The van der Waals surface area contributed by atoms with Gasteiger partial charge in [-0.3, -0.25) is 4.99 Å². The molecule has 0 aromatic heterocycles. The maximum Gasteiger partial charge on any atom is 0.358 e. The topological polar surface area (TPSA) is 74.4 Å².